The molecular weight excluding hydrogens is 583 g/mol. The fourth-order valence-electron chi connectivity index (χ4n) is 4.29. The van der Waals surface area contributed by atoms with Crippen LogP contribution in [0.4, 0.5) is 5.69 Å². The zero-order valence-corrected chi connectivity index (χ0v) is 23.9. The summed E-state index contributed by atoms with van der Waals surface area (Å²) in [5, 5.41) is 10.1. The zero-order chi connectivity index (χ0) is 28.0. The SMILES string of the molecule is O=C(NN1CCCCC1)C1=NN(c2ccc(Cl)cc2Cl)[C@H](c2ccc(Cl)cc2)C1.O=S(=O)(O)c1ccccc1. The van der Waals surface area contributed by atoms with Gasteiger partial charge in [0.1, 0.15) is 5.71 Å². The monoisotopic (exact) mass is 608 g/mol. The summed E-state index contributed by atoms with van der Waals surface area (Å²) < 4.78 is 29.2. The number of benzene rings is 3. The molecule has 1 saturated heterocycles. The average molecular weight is 610 g/mol. The number of hydrogen-bond acceptors (Lipinski definition) is 6. The third kappa shape index (κ3) is 7.94. The van der Waals surface area contributed by atoms with Crippen LogP contribution < -0.4 is 10.4 Å². The highest BCUT2D eigenvalue weighted by Gasteiger charge is 2.34. The minimum Gasteiger partial charge on any atom is -0.284 e. The van der Waals surface area contributed by atoms with Gasteiger partial charge in [-0.05, 0) is 60.9 Å². The Bertz CT molecular complexity index is 1430. The second-order valence-electron chi connectivity index (χ2n) is 9.04. The van der Waals surface area contributed by atoms with Gasteiger partial charge in [-0.25, -0.2) is 5.01 Å². The Morgan fingerprint density at radius 2 is 1.54 bits per heavy atom. The molecular formula is C27H27Cl3N4O4S. The number of amides is 1. The van der Waals surface area contributed by atoms with Gasteiger partial charge in [0.25, 0.3) is 16.0 Å². The first-order valence-corrected chi connectivity index (χ1v) is 14.8. The maximum absolute atomic E-state index is 12.9. The van der Waals surface area contributed by atoms with Crippen molar-refractivity contribution in [2.45, 2.75) is 36.6 Å². The molecule has 0 aliphatic carbocycles. The van der Waals surface area contributed by atoms with Crippen molar-refractivity contribution in [1.82, 2.24) is 10.4 Å². The van der Waals surface area contributed by atoms with Gasteiger partial charge < -0.3 is 0 Å². The third-order valence-electron chi connectivity index (χ3n) is 6.24. The number of nitrogens with zero attached hydrogens (tertiary/aromatic N) is 3. The Hall–Kier alpha value is -2.66. The van der Waals surface area contributed by atoms with Crippen LogP contribution in [0.15, 0.2) is 82.8 Å². The highest BCUT2D eigenvalue weighted by atomic mass is 35.5. The van der Waals surface area contributed by atoms with E-state index in [4.69, 9.17) is 39.4 Å². The number of piperidine rings is 1. The lowest BCUT2D eigenvalue weighted by atomic mass is 10.0. The van der Waals surface area contributed by atoms with E-state index in [1.165, 1.54) is 18.6 Å². The number of hydrogen-bond donors (Lipinski definition) is 2. The van der Waals surface area contributed by atoms with Crippen LogP contribution in [0.5, 0.6) is 0 Å². The van der Waals surface area contributed by atoms with Gasteiger partial charge in [0.05, 0.1) is 21.6 Å². The van der Waals surface area contributed by atoms with Gasteiger partial charge in [0.2, 0.25) is 0 Å². The van der Waals surface area contributed by atoms with Crippen molar-refractivity contribution in [2.75, 3.05) is 18.1 Å². The highest BCUT2D eigenvalue weighted by molar-refractivity contribution is 7.85. The molecule has 1 amide bonds. The van der Waals surface area contributed by atoms with Crippen molar-refractivity contribution in [1.29, 1.82) is 0 Å². The minimum absolute atomic E-state index is 0.0741. The Balaban J connectivity index is 0.000000298. The quantitative estimate of drug-likeness (QED) is 0.325. The van der Waals surface area contributed by atoms with Gasteiger partial charge in [-0.2, -0.15) is 13.5 Å². The molecule has 1 atom stereocenters. The number of anilines is 1. The van der Waals surface area contributed by atoms with E-state index >= 15 is 0 Å². The van der Waals surface area contributed by atoms with E-state index in [0.29, 0.717) is 32.9 Å². The predicted molar refractivity (Wildman–Crippen MR) is 155 cm³/mol. The molecule has 0 bridgehead atoms. The Morgan fingerprint density at radius 3 is 2.13 bits per heavy atom. The Morgan fingerprint density at radius 1 is 0.897 bits per heavy atom. The van der Waals surface area contributed by atoms with E-state index in [1.807, 2.05) is 35.3 Å². The second-order valence-corrected chi connectivity index (χ2v) is 11.7. The van der Waals surface area contributed by atoms with Gasteiger partial charge >= 0.3 is 0 Å². The molecule has 8 nitrogen and oxygen atoms in total. The smallest absolute Gasteiger partial charge is 0.284 e. The van der Waals surface area contributed by atoms with Gasteiger partial charge in [-0.1, -0.05) is 71.6 Å². The molecule has 0 spiro atoms. The first-order chi connectivity index (χ1) is 18.6. The molecule has 39 heavy (non-hydrogen) atoms. The number of carbonyl (C=O) groups is 1. The predicted octanol–water partition coefficient (Wildman–Crippen LogP) is 6.40. The Labute approximate surface area is 242 Å². The number of rotatable bonds is 5. The fourth-order valence-corrected chi connectivity index (χ4v) is 5.41. The standard InChI is InChI=1S/C21H21Cl3N4O.C6H6O3S/c22-15-6-4-14(5-7-15)20-13-18(21(29)26-27-10-2-1-3-11-27)25-28(20)19-9-8-16(23)12-17(19)24;7-10(8,9)6-4-2-1-3-5-6/h4-9,12,20H,1-3,10-11,13H2,(H,26,29);1-5H,(H,7,8,9)/t20-;/m0./s1. The third-order valence-corrected chi connectivity index (χ3v) is 7.90. The van der Waals surface area contributed by atoms with E-state index in [-0.39, 0.29) is 16.8 Å². The van der Waals surface area contributed by atoms with Crippen molar-refractivity contribution in [2.24, 2.45) is 5.10 Å². The lowest BCUT2D eigenvalue weighted by Crippen LogP contribution is -2.47. The molecule has 3 aromatic carbocycles. The van der Waals surface area contributed by atoms with Crippen LogP contribution in [-0.2, 0) is 14.9 Å². The molecule has 2 aliphatic rings. The number of hydrazone groups is 1. The molecule has 1 fully saturated rings. The van der Waals surface area contributed by atoms with Crippen LogP contribution in [0.3, 0.4) is 0 Å². The molecule has 0 aromatic heterocycles. The normalized spacial score (nSPS) is 17.7. The summed E-state index contributed by atoms with van der Waals surface area (Å²) in [6.45, 7) is 1.73. The number of hydrazine groups is 1. The number of halogens is 3. The van der Waals surface area contributed by atoms with Crippen molar-refractivity contribution in [3.05, 3.63) is 93.4 Å². The van der Waals surface area contributed by atoms with Gasteiger partial charge in [0.15, 0.2) is 0 Å². The second kappa shape index (κ2) is 13.1. The molecule has 0 saturated carbocycles. The van der Waals surface area contributed by atoms with Crippen LogP contribution in [0.25, 0.3) is 0 Å². The topological polar surface area (TPSA) is 102 Å². The van der Waals surface area contributed by atoms with Crippen molar-refractivity contribution in [3.8, 4) is 0 Å². The first-order valence-electron chi connectivity index (χ1n) is 12.3. The van der Waals surface area contributed by atoms with Crippen LogP contribution in [0.2, 0.25) is 15.1 Å². The first kappa shape index (κ1) is 29.3. The van der Waals surface area contributed by atoms with E-state index in [1.54, 1.807) is 35.3 Å². The summed E-state index contributed by atoms with van der Waals surface area (Å²) in [5.74, 6) is -0.168. The Kier molecular flexibility index (Phi) is 9.87. The van der Waals surface area contributed by atoms with Crippen LogP contribution in [0.1, 0.15) is 37.3 Å². The van der Waals surface area contributed by atoms with E-state index in [2.05, 4.69) is 10.5 Å². The van der Waals surface area contributed by atoms with Crippen LogP contribution >= 0.6 is 34.8 Å². The molecule has 3 aromatic rings. The molecule has 2 aliphatic heterocycles. The van der Waals surface area contributed by atoms with Gasteiger partial charge in [-0.3, -0.25) is 19.8 Å². The maximum atomic E-state index is 12.9. The number of nitrogens with one attached hydrogen (secondary N) is 1. The maximum Gasteiger partial charge on any atom is 0.294 e. The molecule has 0 radical (unpaired) electrons. The lowest BCUT2D eigenvalue weighted by molar-refractivity contribution is -0.119. The average Bonchev–Trinajstić information content (AvgIpc) is 3.35. The molecule has 206 valence electrons. The van der Waals surface area contributed by atoms with Crippen LogP contribution in [0, 0.1) is 0 Å². The molecule has 2 N–H and O–H groups in total. The van der Waals surface area contributed by atoms with E-state index in [0.717, 1.165) is 31.5 Å². The molecule has 12 heteroatoms. The summed E-state index contributed by atoms with van der Waals surface area (Å²) in [7, 11) is -4.00. The van der Waals surface area contributed by atoms with Gasteiger partial charge in [-0.15, -0.1) is 0 Å². The molecule has 0 unspecified atom stereocenters. The lowest BCUT2D eigenvalue weighted by Gasteiger charge is -2.26. The summed E-state index contributed by atoms with van der Waals surface area (Å²) in [6, 6.07) is 20.1. The fraction of sp³-hybridized carbons (Fsp3) is 0.259. The highest BCUT2D eigenvalue weighted by Crippen LogP contribution is 2.39. The summed E-state index contributed by atoms with van der Waals surface area (Å²) in [6.07, 6.45) is 3.86. The number of carbonyl (C=O) groups excluding carboxylic acids is 1. The minimum atomic E-state index is -4.00. The zero-order valence-electron chi connectivity index (χ0n) is 20.8. The van der Waals surface area contributed by atoms with Crippen molar-refractivity contribution < 1.29 is 17.8 Å². The summed E-state index contributed by atoms with van der Waals surface area (Å²) in [5.41, 5.74) is 5.18. The van der Waals surface area contributed by atoms with Crippen molar-refractivity contribution >= 4 is 62.2 Å². The largest absolute Gasteiger partial charge is 0.294 e. The van der Waals surface area contributed by atoms with Crippen molar-refractivity contribution in [3.63, 3.8) is 0 Å². The molecule has 5 rings (SSSR count). The van der Waals surface area contributed by atoms with E-state index in [9.17, 15) is 13.2 Å². The van der Waals surface area contributed by atoms with Gasteiger partial charge in [0, 0.05) is 29.6 Å². The molecule has 2 heterocycles. The summed E-state index contributed by atoms with van der Waals surface area (Å²) >= 11 is 18.6. The summed E-state index contributed by atoms with van der Waals surface area (Å²) in [4.78, 5) is 12.8. The van der Waals surface area contributed by atoms with Crippen LogP contribution in [-0.4, -0.2) is 42.7 Å². The van der Waals surface area contributed by atoms with E-state index < -0.39 is 10.1 Å².